The third-order valence-electron chi connectivity index (χ3n) is 7.49. The van der Waals surface area contributed by atoms with Crippen LogP contribution in [-0.4, -0.2) is 57.3 Å². The molecule has 37 heavy (non-hydrogen) atoms. The van der Waals surface area contributed by atoms with Crippen molar-refractivity contribution in [1.82, 2.24) is 5.32 Å². The number of nitrogens with two attached hydrogens (primary N) is 1. The molecule has 2 aromatic carbocycles. The molecule has 0 aliphatic carbocycles. The van der Waals surface area contributed by atoms with Crippen molar-refractivity contribution in [2.45, 2.75) is 50.1 Å². The van der Waals surface area contributed by atoms with Gasteiger partial charge in [0.2, 0.25) is 0 Å². The van der Waals surface area contributed by atoms with Crippen molar-refractivity contribution < 1.29 is 32.0 Å². The first-order valence-electron chi connectivity index (χ1n) is 12.0. The molecule has 2 aromatic rings. The lowest BCUT2D eigenvalue weighted by atomic mass is 9.51. The van der Waals surface area contributed by atoms with Gasteiger partial charge in [-0.15, -0.1) is 0 Å². The zero-order chi connectivity index (χ0) is 27.4. The largest absolute Gasteiger partial charge is 0.481 e. The first-order chi connectivity index (χ1) is 17.5. The van der Waals surface area contributed by atoms with Crippen LogP contribution in [0.1, 0.15) is 38.7 Å². The van der Waals surface area contributed by atoms with Crippen LogP contribution in [0.5, 0.6) is 0 Å². The Labute approximate surface area is 222 Å². The Morgan fingerprint density at radius 1 is 1.14 bits per heavy atom. The number of halogens is 1. The molecule has 4 unspecified atom stereocenters. The van der Waals surface area contributed by atoms with Gasteiger partial charge < -0.3 is 25.1 Å². The Balaban J connectivity index is 2.21. The molecular formula is C26H33ClN2O7S. The molecule has 202 valence electrons. The lowest BCUT2D eigenvalue weighted by Gasteiger charge is -2.57. The molecule has 1 fully saturated rings. The van der Waals surface area contributed by atoms with Crippen molar-refractivity contribution in [3.8, 4) is 0 Å². The molecule has 5 atom stereocenters. The number of carboxylic acids is 1. The van der Waals surface area contributed by atoms with Gasteiger partial charge in [-0.1, -0.05) is 54.9 Å². The fraction of sp³-hybridized carbons (Fsp3) is 0.462. The van der Waals surface area contributed by atoms with Crippen LogP contribution in [-0.2, 0) is 28.6 Å². The zero-order valence-electron chi connectivity index (χ0n) is 21.0. The minimum absolute atomic E-state index is 0.00999. The molecule has 0 amide bonds. The number of carboxylic acid groups (broad SMARTS) is 1. The average Bonchev–Trinajstić information content (AvgIpc) is 2.86. The van der Waals surface area contributed by atoms with E-state index in [0.29, 0.717) is 5.56 Å². The topological polar surface area (TPSA) is 145 Å². The van der Waals surface area contributed by atoms with E-state index < -0.39 is 50.9 Å². The maximum Gasteiger partial charge on any atom is 0.341 e. The summed E-state index contributed by atoms with van der Waals surface area (Å²) in [6.45, 7) is 5.40. The second-order valence-corrected chi connectivity index (χ2v) is 11.3. The molecule has 1 saturated heterocycles. The monoisotopic (exact) mass is 552 g/mol. The molecule has 0 radical (unpaired) electrons. The second kappa shape index (κ2) is 11.5. The molecule has 1 heterocycles. The van der Waals surface area contributed by atoms with Crippen LogP contribution in [0.4, 0.5) is 0 Å². The van der Waals surface area contributed by atoms with Crippen LogP contribution in [0.2, 0.25) is 5.02 Å². The van der Waals surface area contributed by atoms with E-state index in [1.165, 1.54) is 31.2 Å². The standard InChI is InChI=1S/C26H33ClN2O7S/c1-4-26(23(30)31)21(16-35-15-14-28)29-17(2)25(3,22(26)19-12-8-9-13-20(19)27)24(32)36-37(33,34)18-10-6-5-7-11-18/h5-13,17,21-22,29H,4,14-16,28H2,1-3H3,(H,30,31)/t17?,21?,22-,25?,26?/m1/s1. The summed E-state index contributed by atoms with van der Waals surface area (Å²) in [5.41, 5.74) is 2.69. The van der Waals surface area contributed by atoms with Crippen LogP contribution in [0.3, 0.4) is 0 Å². The quantitative estimate of drug-likeness (QED) is 0.299. The molecule has 11 heteroatoms. The van der Waals surface area contributed by atoms with E-state index in [1.807, 2.05) is 0 Å². The highest BCUT2D eigenvalue weighted by Gasteiger charge is 2.66. The smallest absolute Gasteiger partial charge is 0.341 e. The number of rotatable bonds is 10. The summed E-state index contributed by atoms with van der Waals surface area (Å²) >= 11 is 6.60. The van der Waals surface area contributed by atoms with Crippen LogP contribution >= 0.6 is 11.6 Å². The van der Waals surface area contributed by atoms with Gasteiger partial charge in [-0.25, -0.2) is 0 Å². The van der Waals surface area contributed by atoms with Gasteiger partial charge in [0.15, 0.2) is 0 Å². The number of hydrogen-bond acceptors (Lipinski definition) is 8. The van der Waals surface area contributed by atoms with Gasteiger partial charge in [0, 0.05) is 29.6 Å². The predicted molar refractivity (Wildman–Crippen MR) is 139 cm³/mol. The Kier molecular flexibility index (Phi) is 9.02. The highest BCUT2D eigenvalue weighted by molar-refractivity contribution is 7.87. The number of ether oxygens (including phenoxy) is 1. The summed E-state index contributed by atoms with van der Waals surface area (Å²) < 4.78 is 36.9. The molecule has 0 saturated carbocycles. The number of carbonyl (C=O) groups is 2. The lowest BCUT2D eigenvalue weighted by molar-refractivity contribution is -0.172. The van der Waals surface area contributed by atoms with Crippen molar-refractivity contribution in [2.24, 2.45) is 16.6 Å². The highest BCUT2D eigenvalue weighted by atomic mass is 35.5. The number of benzene rings is 2. The van der Waals surface area contributed by atoms with Crippen molar-refractivity contribution in [3.63, 3.8) is 0 Å². The minimum atomic E-state index is -4.48. The summed E-state index contributed by atoms with van der Waals surface area (Å²) in [6, 6.07) is 12.5. The summed E-state index contributed by atoms with van der Waals surface area (Å²) in [5.74, 6) is -3.33. The first-order valence-corrected chi connectivity index (χ1v) is 13.8. The van der Waals surface area contributed by atoms with E-state index in [4.69, 9.17) is 26.3 Å². The maximum absolute atomic E-state index is 13.9. The Bertz CT molecular complexity index is 1230. The van der Waals surface area contributed by atoms with Crippen LogP contribution in [0, 0.1) is 10.8 Å². The SMILES string of the molecule is CCC1(C(=O)O)C(COCCN)NC(C)C(C)(C(=O)OS(=O)(=O)c2ccccc2)[C@H]1c1ccccc1Cl. The summed E-state index contributed by atoms with van der Waals surface area (Å²) in [4.78, 5) is 26.8. The number of nitrogens with one attached hydrogen (secondary N) is 1. The van der Waals surface area contributed by atoms with Gasteiger partial charge in [-0.3, -0.25) is 9.59 Å². The normalized spacial score (nSPS) is 28.0. The van der Waals surface area contributed by atoms with Gasteiger partial charge in [0.25, 0.3) is 0 Å². The molecule has 4 N–H and O–H groups in total. The fourth-order valence-electron chi connectivity index (χ4n) is 5.39. The fourth-order valence-corrected chi connectivity index (χ4v) is 6.60. The Morgan fingerprint density at radius 3 is 2.32 bits per heavy atom. The van der Waals surface area contributed by atoms with Gasteiger partial charge in [0.05, 0.1) is 24.0 Å². The molecule has 1 aliphatic rings. The predicted octanol–water partition coefficient (Wildman–Crippen LogP) is 3.18. The van der Waals surface area contributed by atoms with E-state index in [9.17, 15) is 23.1 Å². The van der Waals surface area contributed by atoms with Gasteiger partial charge in [-0.05, 0) is 44.0 Å². The van der Waals surface area contributed by atoms with Crippen molar-refractivity contribution in [3.05, 3.63) is 65.2 Å². The first kappa shape index (κ1) is 29.1. The third-order valence-corrected chi connectivity index (χ3v) is 9.06. The molecule has 3 rings (SSSR count). The van der Waals surface area contributed by atoms with Crippen LogP contribution in [0.15, 0.2) is 59.5 Å². The maximum atomic E-state index is 13.9. The molecule has 0 aromatic heterocycles. The summed E-state index contributed by atoms with van der Waals surface area (Å²) in [7, 11) is -4.48. The molecular weight excluding hydrogens is 520 g/mol. The summed E-state index contributed by atoms with van der Waals surface area (Å²) in [5, 5.41) is 14.2. The minimum Gasteiger partial charge on any atom is -0.481 e. The van der Waals surface area contributed by atoms with E-state index in [1.54, 1.807) is 44.2 Å². The third kappa shape index (κ3) is 5.26. The van der Waals surface area contributed by atoms with Crippen molar-refractivity contribution in [2.75, 3.05) is 19.8 Å². The molecule has 0 bridgehead atoms. The number of carbonyl (C=O) groups excluding carboxylic acids is 1. The van der Waals surface area contributed by atoms with Gasteiger partial charge >= 0.3 is 22.1 Å². The number of piperidine rings is 1. The van der Waals surface area contributed by atoms with Gasteiger partial charge in [-0.2, -0.15) is 8.42 Å². The Morgan fingerprint density at radius 2 is 1.76 bits per heavy atom. The Hall–Kier alpha value is -2.50. The second-order valence-electron chi connectivity index (χ2n) is 9.38. The number of aliphatic carboxylic acids is 1. The van der Waals surface area contributed by atoms with Crippen LogP contribution in [0.25, 0.3) is 0 Å². The zero-order valence-corrected chi connectivity index (χ0v) is 22.6. The lowest BCUT2D eigenvalue weighted by Crippen LogP contribution is -2.70. The van der Waals surface area contributed by atoms with Crippen molar-refractivity contribution in [1.29, 1.82) is 0 Å². The summed E-state index contributed by atoms with van der Waals surface area (Å²) in [6.07, 6.45) is 0.0862. The highest BCUT2D eigenvalue weighted by Crippen LogP contribution is 2.58. The molecule has 0 spiro atoms. The van der Waals surface area contributed by atoms with E-state index in [2.05, 4.69) is 5.32 Å². The molecule has 1 aliphatic heterocycles. The number of hydrogen-bond donors (Lipinski definition) is 3. The van der Waals surface area contributed by atoms with Crippen LogP contribution < -0.4 is 11.1 Å². The van der Waals surface area contributed by atoms with Gasteiger partial charge in [0.1, 0.15) is 4.90 Å². The van der Waals surface area contributed by atoms with E-state index >= 15 is 0 Å². The van der Waals surface area contributed by atoms with E-state index in [0.717, 1.165) is 0 Å². The average molecular weight is 553 g/mol. The van der Waals surface area contributed by atoms with E-state index in [-0.39, 0.29) is 36.1 Å². The molecule has 9 nitrogen and oxygen atoms in total. The van der Waals surface area contributed by atoms with Crippen molar-refractivity contribution >= 4 is 33.7 Å².